The number of aromatic nitrogens is 3. The Morgan fingerprint density at radius 1 is 1.16 bits per heavy atom. The summed E-state index contributed by atoms with van der Waals surface area (Å²) in [5, 5.41) is 4.76. The molecule has 1 fully saturated rings. The van der Waals surface area contributed by atoms with E-state index in [-0.39, 0.29) is 11.4 Å². The lowest BCUT2D eigenvalue weighted by Crippen LogP contribution is -2.24. The maximum Gasteiger partial charge on any atom is 0.244 e. The first-order valence-corrected chi connectivity index (χ1v) is 12.2. The summed E-state index contributed by atoms with van der Waals surface area (Å²) >= 11 is 0. The molecule has 0 bridgehead atoms. The third kappa shape index (κ3) is 4.80. The second-order valence-corrected chi connectivity index (χ2v) is 9.56. The summed E-state index contributed by atoms with van der Waals surface area (Å²) in [7, 11) is -3.76. The topological polar surface area (TPSA) is 86.1 Å². The first-order chi connectivity index (χ1) is 15.0. The normalized spacial score (nSPS) is 14.8. The van der Waals surface area contributed by atoms with Gasteiger partial charge in [0.1, 0.15) is 10.6 Å². The van der Waals surface area contributed by atoms with Crippen molar-refractivity contribution >= 4 is 10.0 Å². The van der Waals surface area contributed by atoms with Gasteiger partial charge in [-0.05, 0) is 62.6 Å². The summed E-state index contributed by atoms with van der Waals surface area (Å²) in [6.07, 6.45) is 6.28. The molecule has 2 heterocycles. The lowest BCUT2D eigenvalue weighted by molar-refractivity contribution is 0.331. The van der Waals surface area contributed by atoms with Crippen molar-refractivity contribution in [2.45, 2.75) is 57.0 Å². The van der Waals surface area contributed by atoms with Crippen LogP contribution >= 0.6 is 0 Å². The van der Waals surface area contributed by atoms with Crippen molar-refractivity contribution in [3.8, 4) is 17.1 Å². The number of benzene rings is 1. The maximum absolute atomic E-state index is 13.0. The minimum Gasteiger partial charge on any atom is -0.492 e. The van der Waals surface area contributed by atoms with Crippen LogP contribution in [-0.2, 0) is 16.6 Å². The van der Waals surface area contributed by atoms with Crippen LogP contribution in [0.1, 0.15) is 49.9 Å². The van der Waals surface area contributed by atoms with Gasteiger partial charge in [0.25, 0.3) is 0 Å². The van der Waals surface area contributed by atoms with Crippen LogP contribution in [0.25, 0.3) is 11.4 Å². The first-order valence-electron chi connectivity index (χ1n) is 10.7. The average molecular weight is 441 g/mol. The third-order valence-corrected chi connectivity index (χ3v) is 6.94. The first kappa shape index (κ1) is 21.5. The molecule has 4 rings (SSSR count). The predicted molar refractivity (Wildman–Crippen MR) is 119 cm³/mol. The number of sulfonamides is 1. The quantitative estimate of drug-likeness (QED) is 0.566. The monoisotopic (exact) mass is 440 g/mol. The summed E-state index contributed by atoms with van der Waals surface area (Å²) in [4.78, 5) is 4.62. The van der Waals surface area contributed by atoms with Crippen LogP contribution in [-0.4, -0.2) is 29.8 Å². The number of nitrogens with zero attached hydrogens (tertiary/aromatic N) is 3. The van der Waals surface area contributed by atoms with Crippen molar-refractivity contribution in [3.63, 3.8) is 0 Å². The summed E-state index contributed by atoms with van der Waals surface area (Å²) < 4.78 is 36.3. The molecule has 164 valence electrons. The standard InChI is InChI=1S/C23H28N4O3S/c1-3-30-22-12-11-17(2)14-23(22)31(28,29)25-16-18-15-21(20-10-6-7-13-24-20)27(26-18)19-8-4-5-9-19/h6-7,10-15,19,25H,3-5,8-9,16H2,1-2H3. The van der Waals surface area contributed by atoms with Crippen LogP contribution in [0.5, 0.6) is 5.75 Å². The Labute approximate surface area is 183 Å². The maximum atomic E-state index is 13.0. The van der Waals surface area contributed by atoms with Gasteiger partial charge in [-0.25, -0.2) is 13.1 Å². The molecule has 0 aliphatic heterocycles. The van der Waals surface area contributed by atoms with Crippen LogP contribution in [0.4, 0.5) is 0 Å². The van der Waals surface area contributed by atoms with E-state index >= 15 is 0 Å². The zero-order valence-electron chi connectivity index (χ0n) is 17.9. The van der Waals surface area contributed by atoms with E-state index in [0.29, 0.717) is 24.1 Å². The SMILES string of the molecule is CCOc1ccc(C)cc1S(=O)(=O)NCc1cc(-c2ccccn2)n(C2CCCC2)n1. The molecule has 8 heteroatoms. The molecule has 0 unspecified atom stereocenters. The van der Waals surface area contributed by atoms with E-state index < -0.39 is 10.0 Å². The lowest BCUT2D eigenvalue weighted by Gasteiger charge is -2.14. The molecule has 1 aliphatic carbocycles. The number of pyridine rings is 1. The molecule has 0 amide bonds. The smallest absolute Gasteiger partial charge is 0.244 e. The van der Waals surface area contributed by atoms with Gasteiger partial charge in [-0.15, -0.1) is 0 Å². The zero-order valence-corrected chi connectivity index (χ0v) is 18.7. The predicted octanol–water partition coefficient (Wildman–Crippen LogP) is 4.25. The third-order valence-electron chi connectivity index (χ3n) is 5.52. The minimum absolute atomic E-state index is 0.0986. The van der Waals surface area contributed by atoms with Gasteiger partial charge in [0.05, 0.1) is 36.3 Å². The van der Waals surface area contributed by atoms with Gasteiger partial charge in [0.15, 0.2) is 0 Å². The summed E-state index contributed by atoms with van der Waals surface area (Å²) in [5.74, 6) is 0.353. The molecular weight excluding hydrogens is 412 g/mol. The van der Waals surface area contributed by atoms with Gasteiger partial charge < -0.3 is 4.74 Å². The Balaban J connectivity index is 1.61. The summed E-state index contributed by atoms with van der Waals surface area (Å²) in [5.41, 5.74) is 3.29. The second-order valence-electron chi connectivity index (χ2n) is 7.83. The Hall–Kier alpha value is -2.71. The van der Waals surface area contributed by atoms with E-state index in [2.05, 4.69) is 9.71 Å². The van der Waals surface area contributed by atoms with Crippen molar-refractivity contribution < 1.29 is 13.2 Å². The molecule has 1 aromatic carbocycles. The molecule has 1 aliphatic rings. The highest BCUT2D eigenvalue weighted by Gasteiger charge is 2.24. The molecule has 1 saturated carbocycles. The molecule has 0 atom stereocenters. The Bertz CT molecular complexity index is 1140. The molecule has 31 heavy (non-hydrogen) atoms. The van der Waals surface area contributed by atoms with E-state index in [1.165, 1.54) is 12.8 Å². The highest BCUT2D eigenvalue weighted by atomic mass is 32.2. The molecule has 0 radical (unpaired) electrons. The van der Waals surface area contributed by atoms with Crippen molar-refractivity contribution in [2.24, 2.45) is 0 Å². The van der Waals surface area contributed by atoms with E-state index in [1.807, 2.05) is 48.9 Å². The molecule has 7 nitrogen and oxygen atoms in total. The largest absolute Gasteiger partial charge is 0.492 e. The molecule has 0 spiro atoms. The van der Waals surface area contributed by atoms with Gasteiger partial charge in [-0.3, -0.25) is 9.67 Å². The van der Waals surface area contributed by atoms with Gasteiger partial charge in [0, 0.05) is 6.20 Å². The van der Waals surface area contributed by atoms with E-state index in [4.69, 9.17) is 9.84 Å². The van der Waals surface area contributed by atoms with Crippen molar-refractivity contribution in [3.05, 3.63) is 59.9 Å². The van der Waals surface area contributed by atoms with Crippen LogP contribution < -0.4 is 9.46 Å². The fraction of sp³-hybridized carbons (Fsp3) is 0.391. The average Bonchev–Trinajstić information content (AvgIpc) is 3.44. The van der Waals surface area contributed by atoms with Gasteiger partial charge in [0.2, 0.25) is 10.0 Å². The van der Waals surface area contributed by atoms with Crippen molar-refractivity contribution in [1.29, 1.82) is 0 Å². The Morgan fingerprint density at radius 3 is 2.68 bits per heavy atom. The number of hydrogen-bond acceptors (Lipinski definition) is 5. The highest BCUT2D eigenvalue weighted by molar-refractivity contribution is 7.89. The number of ether oxygens (including phenoxy) is 1. The lowest BCUT2D eigenvalue weighted by atomic mass is 10.2. The highest BCUT2D eigenvalue weighted by Crippen LogP contribution is 2.33. The summed E-state index contributed by atoms with van der Waals surface area (Å²) in [6.45, 7) is 4.18. The molecule has 3 aromatic rings. The van der Waals surface area contributed by atoms with Crippen LogP contribution in [0.15, 0.2) is 53.6 Å². The number of hydrogen-bond donors (Lipinski definition) is 1. The molecule has 2 aromatic heterocycles. The van der Waals surface area contributed by atoms with E-state index in [1.54, 1.807) is 18.3 Å². The molecular formula is C23H28N4O3S. The zero-order chi connectivity index (χ0) is 21.8. The Morgan fingerprint density at radius 2 is 1.97 bits per heavy atom. The van der Waals surface area contributed by atoms with Gasteiger partial charge >= 0.3 is 0 Å². The molecule has 0 saturated heterocycles. The van der Waals surface area contributed by atoms with Gasteiger partial charge in [-0.1, -0.05) is 25.0 Å². The van der Waals surface area contributed by atoms with E-state index in [0.717, 1.165) is 29.8 Å². The van der Waals surface area contributed by atoms with Crippen LogP contribution in [0, 0.1) is 6.92 Å². The fourth-order valence-corrected chi connectivity index (χ4v) is 5.24. The summed E-state index contributed by atoms with van der Waals surface area (Å²) in [6, 6.07) is 13.2. The Kier molecular flexibility index (Phi) is 6.38. The van der Waals surface area contributed by atoms with Crippen molar-refractivity contribution in [1.82, 2.24) is 19.5 Å². The number of rotatable bonds is 8. The van der Waals surface area contributed by atoms with Crippen molar-refractivity contribution in [2.75, 3.05) is 6.61 Å². The van der Waals surface area contributed by atoms with Crippen LogP contribution in [0.3, 0.4) is 0 Å². The van der Waals surface area contributed by atoms with Gasteiger partial charge in [-0.2, -0.15) is 5.10 Å². The number of nitrogens with one attached hydrogen (secondary N) is 1. The molecule has 1 N–H and O–H groups in total. The fourth-order valence-electron chi connectivity index (χ4n) is 4.01. The second kappa shape index (κ2) is 9.20. The van der Waals surface area contributed by atoms with Crippen LogP contribution in [0.2, 0.25) is 0 Å². The van der Waals surface area contributed by atoms with E-state index in [9.17, 15) is 8.42 Å². The minimum atomic E-state index is -3.76. The number of aryl methyl sites for hydroxylation is 1.